The Morgan fingerprint density at radius 2 is 1.85 bits per heavy atom. The van der Waals surface area contributed by atoms with E-state index >= 15 is 0 Å². The highest BCUT2D eigenvalue weighted by Crippen LogP contribution is 2.18. The molecule has 3 N–H and O–H groups in total. The van der Waals surface area contributed by atoms with Gasteiger partial charge in [0.1, 0.15) is 5.75 Å². The molecule has 0 saturated heterocycles. The van der Waals surface area contributed by atoms with Gasteiger partial charge in [-0.15, -0.1) is 12.4 Å². The van der Waals surface area contributed by atoms with Crippen molar-refractivity contribution in [3.05, 3.63) is 29.8 Å². The molecule has 0 spiro atoms. The lowest BCUT2D eigenvalue weighted by Crippen LogP contribution is -2.26. The van der Waals surface area contributed by atoms with Crippen molar-refractivity contribution in [2.24, 2.45) is 5.73 Å². The number of carbonyl (C=O) groups is 1. The molecule has 0 heterocycles. The first kappa shape index (κ1) is 18.7. The SMILES string of the molecule is CC(C)Oc1ccc(C(C)NC(=O)CCCN)cc1.Cl. The number of benzene rings is 1. The average molecular weight is 301 g/mol. The largest absolute Gasteiger partial charge is 0.491 e. The molecule has 0 aliphatic carbocycles. The fourth-order valence-electron chi connectivity index (χ4n) is 1.77. The van der Waals surface area contributed by atoms with E-state index in [1.807, 2.05) is 45.0 Å². The van der Waals surface area contributed by atoms with Crippen molar-refractivity contribution in [3.8, 4) is 5.75 Å². The number of amides is 1. The average Bonchev–Trinajstić information content (AvgIpc) is 2.36. The molecule has 1 unspecified atom stereocenters. The number of hydrogen-bond acceptors (Lipinski definition) is 3. The van der Waals surface area contributed by atoms with Crippen LogP contribution in [0.5, 0.6) is 5.75 Å². The van der Waals surface area contributed by atoms with E-state index in [1.165, 1.54) is 0 Å². The minimum absolute atomic E-state index is 0. The van der Waals surface area contributed by atoms with Crippen molar-refractivity contribution < 1.29 is 9.53 Å². The third-order valence-electron chi connectivity index (χ3n) is 2.74. The first-order valence-corrected chi connectivity index (χ1v) is 6.79. The van der Waals surface area contributed by atoms with Gasteiger partial charge in [-0.05, 0) is 51.4 Å². The minimum atomic E-state index is -0.00151. The van der Waals surface area contributed by atoms with E-state index in [-0.39, 0.29) is 30.5 Å². The van der Waals surface area contributed by atoms with Crippen LogP contribution in [-0.4, -0.2) is 18.6 Å². The Hall–Kier alpha value is -1.26. The van der Waals surface area contributed by atoms with Gasteiger partial charge in [0, 0.05) is 6.42 Å². The van der Waals surface area contributed by atoms with Gasteiger partial charge in [-0.3, -0.25) is 4.79 Å². The molecule has 0 saturated carbocycles. The molecule has 0 aliphatic rings. The molecule has 1 aromatic carbocycles. The molecule has 4 nitrogen and oxygen atoms in total. The van der Waals surface area contributed by atoms with Gasteiger partial charge in [-0.1, -0.05) is 12.1 Å². The monoisotopic (exact) mass is 300 g/mol. The van der Waals surface area contributed by atoms with Crippen LogP contribution >= 0.6 is 12.4 Å². The summed E-state index contributed by atoms with van der Waals surface area (Å²) in [6.45, 7) is 6.50. The van der Waals surface area contributed by atoms with E-state index in [9.17, 15) is 4.79 Å². The fraction of sp³-hybridized carbons (Fsp3) is 0.533. The molecule has 20 heavy (non-hydrogen) atoms. The molecule has 5 heteroatoms. The summed E-state index contributed by atoms with van der Waals surface area (Å²) in [5.74, 6) is 0.890. The molecule has 1 amide bonds. The number of halogens is 1. The quantitative estimate of drug-likeness (QED) is 0.814. The van der Waals surface area contributed by atoms with Gasteiger partial charge >= 0.3 is 0 Å². The summed E-state index contributed by atoms with van der Waals surface area (Å²) in [6.07, 6.45) is 1.37. The Morgan fingerprint density at radius 3 is 2.35 bits per heavy atom. The Bertz CT molecular complexity index is 393. The second-order valence-electron chi connectivity index (χ2n) is 4.92. The van der Waals surface area contributed by atoms with E-state index in [4.69, 9.17) is 10.5 Å². The molecular weight excluding hydrogens is 276 g/mol. The van der Waals surface area contributed by atoms with Crippen molar-refractivity contribution in [3.63, 3.8) is 0 Å². The van der Waals surface area contributed by atoms with Gasteiger partial charge in [0.2, 0.25) is 5.91 Å². The smallest absolute Gasteiger partial charge is 0.220 e. The van der Waals surface area contributed by atoms with Crippen molar-refractivity contribution in [1.82, 2.24) is 5.32 Å². The zero-order chi connectivity index (χ0) is 14.3. The predicted octanol–water partition coefficient (Wildman–Crippen LogP) is 2.81. The molecule has 1 aromatic rings. The molecular formula is C15H25ClN2O2. The normalized spacial score (nSPS) is 11.7. The zero-order valence-corrected chi connectivity index (χ0v) is 13.2. The van der Waals surface area contributed by atoms with Gasteiger partial charge in [0.15, 0.2) is 0 Å². The number of ether oxygens (including phenoxy) is 1. The molecule has 114 valence electrons. The Labute approximate surface area is 127 Å². The second-order valence-corrected chi connectivity index (χ2v) is 4.92. The van der Waals surface area contributed by atoms with Crippen LogP contribution < -0.4 is 15.8 Å². The summed E-state index contributed by atoms with van der Waals surface area (Å²) >= 11 is 0. The highest BCUT2D eigenvalue weighted by molar-refractivity contribution is 5.85. The zero-order valence-electron chi connectivity index (χ0n) is 12.4. The lowest BCUT2D eigenvalue weighted by Gasteiger charge is -2.15. The van der Waals surface area contributed by atoms with Crippen LogP contribution in [0.3, 0.4) is 0 Å². The topological polar surface area (TPSA) is 64.3 Å². The predicted molar refractivity (Wildman–Crippen MR) is 84.3 cm³/mol. The Balaban J connectivity index is 0.00000361. The van der Waals surface area contributed by atoms with Crippen LogP contribution in [0.2, 0.25) is 0 Å². The van der Waals surface area contributed by atoms with E-state index < -0.39 is 0 Å². The van der Waals surface area contributed by atoms with Crippen LogP contribution in [0.1, 0.15) is 45.2 Å². The fourth-order valence-corrected chi connectivity index (χ4v) is 1.77. The molecule has 0 fully saturated rings. The number of hydrogen-bond donors (Lipinski definition) is 2. The maximum atomic E-state index is 11.6. The summed E-state index contributed by atoms with van der Waals surface area (Å²) < 4.78 is 5.58. The summed E-state index contributed by atoms with van der Waals surface area (Å²) in [5, 5.41) is 2.96. The Morgan fingerprint density at radius 1 is 1.25 bits per heavy atom. The van der Waals surface area contributed by atoms with Crippen LogP contribution in [0.4, 0.5) is 0 Å². The summed E-state index contributed by atoms with van der Waals surface area (Å²) in [6, 6.07) is 7.81. The second kappa shape index (κ2) is 9.61. The van der Waals surface area contributed by atoms with E-state index in [0.717, 1.165) is 17.7 Å². The van der Waals surface area contributed by atoms with Crippen molar-refractivity contribution in [2.75, 3.05) is 6.54 Å². The maximum Gasteiger partial charge on any atom is 0.220 e. The lowest BCUT2D eigenvalue weighted by molar-refractivity contribution is -0.121. The highest BCUT2D eigenvalue weighted by Gasteiger charge is 2.09. The number of rotatable bonds is 7. The third-order valence-corrected chi connectivity index (χ3v) is 2.74. The van der Waals surface area contributed by atoms with Crippen LogP contribution in [0.25, 0.3) is 0 Å². The van der Waals surface area contributed by atoms with E-state index in [2.05, 4.69) is 5.32 Å². The molecule has 0 bridgehead atoms. The van der Waals surface area contributed by atoms with Gasteiger partial charge in [0.25, 0.3) is 0 Å². The van der Waals surface area contributed by atoms with Crippen LogP contribution in [0, 0.1) is 0 Å². The van der Waals surface area contributed by atoms with E-state index in [1.54, 1.807) is 0 Å². The minimum Gasteiger partial charge on any atom is -0.491 e. The molecule has 1 rings (SSSR count). The first-order chi connectivity index (χ1) is 9.02. The van der Waals surface area contributed by atoms with E-state index in [0.29, 0.717) is 13.0 Å². The number of carbonyl (C=O) groups excluding carboxylic acids is 1. The number of nitrogens with one attached hydrogen (secondary N) is 1. The molecule has 0 radical (unpaired) electrons. The Kier molecular flexibility index (Phi) is 9.01. The van der Waals surface area contributed by atoms with Crippen LogP contribution in [0.15, 0.2) is 24.3 Å². The summed E-state index contributed by atoms with van der Waals surface area (Å²) in [7, 11) is 0. The van der Waals surface area contributed by atoms with Crippen molar-refractivity contribution in [1.29, 1.82) is 0 Å². The molecule has 1 atom stereocenters. The van der Waals surface area contributed by atoms with Crippen LogP contribution in [-0.2, 0) is 4.79 Å². The number of nitrogens with two attached hydrogens (primary N) is 1. The van der Waals surface area contributed by atoms with Gasteiger partial charge in [-0.25, -0.2) is 0 Å². The van der Waals surface area contributed by atoms with Gasteiger partial charge in [-0.2, -0.15) is 0 Å². The summed E-state index contributed by atoms with van der Waals surface area (Å²) in [4.78, 5) is 11.6. The molecule has 0 aromatic heterocycles. The first-order valence-electron chi connectivity index (χ1n) is 6.79. The maximum absolute atomic E-state index is 11.6. The van der Waals surface area contributed by atoms with Crippen molar-refractivity contribution in [2.45, 2.75) is 45.8 Å². The molecule has 0 aliphatic heterocycles. The van der Waals surface area contributed by atoms with Gasteiger partial charge in [0.05, 0.1) is 12.1 Å². The standard InChI is InChI=1S/C15H24N2O2.ClH/c1-11(2)19-14-8-6-13(7-9-14)12(3)17-15(18)5-4-10-16;/h6-9,11-12H,4-5,10,16H2,1-3H3,(H,17,18);1H. The van der Waals surface area contributed by atoms with Crippen molar-refractivity contribution >= 4 is 18.3 Å². The highest BCUT2D eigenvalue weighted by atomic mass is 35.5. The third kappa shape index (κ3) is 6.78. The summed E-state index contributed by atoms with van der Waals surface area (Å²) in [5.41, 5.74) is 6.45. The van der Waals surface area contributed by atoms with Gasteiger partial charge < -0.3 is 15.8 Å². The lowest BCUT2D eigenvalue weighted by atomic mass is 10.1.